The van der Waals surface area contributed by atoms with Crippen LogP contribution < -0.4 is 0 Å². The van der Waals surface area contributed by atoms with Gasteiger partial charge in [0.15, 0.2) is 0 Å². The molecule has 144 valence electrons. The van der Waals surface area contributed by atoms with Crippen LogP contribution in [0.4, 0.5) is 8.78 Å². The molecule has 3 rings (SSSR count). The summed E-state index contributed by atoms with van der Waals surface area (Å²) in [6.45, 7) is 6.91. The van der Waals surface area contributed by atoms with E-state index in [1.807, 2.05) is 12.1 Å². The fraction of sp³-hybridized carbons (Fsp3) is 0.381. The second-order valence-corrected chi connectivity index (χ2v) is 7.30. The predicted molar refractivity (Wildman–Crippen MR) is 99.5 cm³/mol. The first-order valence-electron chi connectivity index (χ1n) is 9.07. The topological polar surface area (TPSA) is 43.8 Å². The Morgan fingerprint density at radius 1 is 1.04 bits per heavy atom. The third-order valence-electron chi connectivity index (χ3n) is 5.14. The molecule has 2 atom stereocenters. The van der Waals surface area contributed by atoms with Gasteiger partial charge in [0.2, 0.25) is 0 Å². The standard InChI is InChI=1S/C21H24F2N2O2/c1-14-10-24(12-16-3-5-17(6-4-16)21(26)27)11-15(2)25(14)13-18-9-19(22)7-8-20(18)23/h3-9,14-15H,10-13H2,1-2H3,(H,26,27)/t14-,15+. The predicted octanol–water partition coefficient (Wildman–Crippen LogP) is 3.76. The number of halogens is 2. The molecular weight excluding hydrogens is 350 g/mol. The van der Waals surface area contributed by atoms with E-state index in [0.717, 1.165) is 31.3 Å². The Hall–Kier alpha value is -2.31. The van der Waals surface area contributed by atoms with Crippen molar-refractivity contribution in [1.82, 2.24) is 9.80 Å². The summed E-state index contributed by atoms with van der Waals surface area (Å²) >= 11 is 0. The molecule has 1 heterocycles. The summed E-state index contributed by atoms with van der Waals surface area (Å²) in [5.41, 5.74) is 1.72. The number of carbonyl (C=O) groups is 1. The van der Waals surface area contributed by atoms with Gasteiger partial charge >= 0.3 is 5.97 Å². The molecule has 1 aliphatic heterocycles. The maximum atomic E-state index is 14.0. The van der Waals surface area contributed by atoms with Crippen LogP contribution in [0.2, 0.25) is 0 Å². The highest BCUT2D eigenvalue weighted by Crippen LogP contribution is 2.22. The van der Waals surface area contributed by atoms with Crippen LogP contribution >= 0.6 is 0 Å². The first kappa shape index (κ1) is 19.5. The molecule has 2 aromatic carbocycles. The molecule has 0 amide bonds. The summed E-state index contributed by atoms with van der Waals surface area (Å²) in [5.74, 6) is -1.73. The molecule has 4 nitrogen and oxygen atoms in total. The Bertz CT molecular complexity index is 798. The largest absolute Gasteiger partial charge is 0.478 e. The molecule has 0 unspecified atom stereocenters. The Morgan fingerprint density at radius 2 is 1.67 bits per heavy atom. The SMILES string of the molecule is C[C@@H]1CN(Cc2ccc(C(=O)O)cc2)C[C@H](C)N1Cc1cc(F)ccc1F. The lowest BCUT2D eigenvalue weighted by molar-refractivity contribution is 0.0283. The van der Waals surface area contributed by atoms with E-state index < -0.39 is 11.8 Å². The molecule has 1 N–H and O–H groups in total. The van der Waals surface area contributed by atoms with Crippen molar-refractivity contribution in [1.29, 1.82) is 0 Å². The highest BCUT2D eigenvalue weighted by molar-refractivity contribution is 5.87. The Balaban J connectivity index is 1.64. The molecule has 0 aliphatic carbocycles. The Morgan fingerprint density at radius 3 is 2.26 bits per heavy atom. The van der Waals surface area contributed by atoms with Gasteiger partial charge in [-0.2, -0.15) is 0 Å². The van der Waals surface area contributed by atoms with Crippen LogP contribution in [0, 0.1) is 11.6 Å². The van der Waals surface area contributed by atoms with E-state index in [1.165, 1.54) is 12.1 Å². The lowest BCUT2D eigenvalue weighted by atomic mass is 10.0. The molecular formula is C21H24F2N2O2. The van der Waals surface area contributed by atoms with Crippen LogP contribution in [0.3, 0.4) is 0 Å². The van der Waals surface area contributed by atoms with Gasteiger partial charge in [0.1, 0.15) is 11.6 Å². The number of hydrogen-bond acceptors (Lipinski definition) is 3. The summed E-state index contributed by atoms with van der Waals surface area (Å²) in [5, 5.41) is 8.99. The smallest absolute Gasteiger partial charge is 0.335 e. The minimum atomic E-state index is -0.929. The number of nitrogens with zero attached hydrogens (tertiary/aromatic N) is 2. The van der Waals surface area contributed by atoms with Gasteiger partial charge in [-0.1, -0.05) is 12.1 Å². The van der Waals surface area contributed by atoms with Crippen LogP contribution in [0.15, 0.2) is 42.5 Å². The van der Waals surface area contributed by atoms with Gasteiger partial charge < -0.3 is 5.11 Å². The van der Waals surface area contributed by atoms with E-state index in [9.17, 15) is 13.6 Å². The Kier molecular flexibility index (Phi) is 5.87. The molecule has 0 bridgehead atoms. The quantitative estimate of drug-likeness (QED) is 0.866. The van der Waals surface area contributed by atoms with Crippen molar-refractivity contribution in [3.63, 3.8) is 0 Å². The molecule has 1 aliphatic rings. The third kappa shape index (κ3) is 4.70. The van der Waals surface area contributed by atoms with E-state index in [4.69, 9.17) is 5.11 Å². The number of carboxylic acid groups (broad SMARTS) is 1. The van der Waals surface area contributed by atoms with E-state index >= 15 is 0 Å². The van der Waals surface area contributed by atoms with Crippen LogP contribution in [0.5, 0.6) is 0 Å². The molecule has 6 heteroatoms. The fourth-order valence-electron chi connectivity index (χ4n) is 3.78. The molecule has 1 fully saturated rings. The van der Waals surface area contributed by atoms with Crippen molar-refractivity contribution < 1.29 is 18.7 Å². The lowest BCUT2D eigenvalue weighted by Crippen LogP contribution is -2.55. The van der Waals surface area contributed by atoms with Crippen molar-refractivity contribution in [3.05, 3.63) is 70.8 Å². The second kappa shape index (κ2) is 8.15. The van der Waals surface area contributed by atoms with E-state index in [1.54, 1.807) is 12.1 Å². The van der Waals surface area contributed by atoms with Crippen molar-refractivity contribution in [2.75, 3.05) is 13.1 Å². The van der Waals surface area contributed by atoms with Crippen LogP contribution in [0.25, 0.3) is 0 Å². The lowest BCUT2D eigenvalue weighted by Gasteiger charge is -2.44. The van der Waals surface area contributed by atoms with Crippen LogP contribution in [-0.4, -0.2) is 46.0 Å². The number of carboxylic acids is 1. The summed E-state index contributed by atoms with van der Waals surface area (Å²) in [6.07, 6.45) is 0. The number of rotatable bonds is 5. The number of aromatic carboxylic acids is 1. The molecule has 2 aromatic rings. The summed E-state index contributed by atoms with van der Waals surface area (Å²) < 4.78 is 27.4. The van der Waals surface area contributed by atoms with Crippen molar-refractivity contribution in [2.24, 2.45) is 0 Å². The van der Waals surface area contributed by atoms with E-state index in [0.29, 0.717) is 12.1 Å². The normalized spacial score (nSPS) is 21.3. The summed E-state index contributed by atoms with van der Waals surface area (Å²) in [4.78, 5) is 15.5. The zero-order valence-electron chi connectivity index (χ0n) is 15.5. The highest BCUT2D eigenvalue weighted by Gasteiger charge is 2.30. The number of hydrogen-bond donors (Lipinski definition) is 1. The molecule has 27 heavy (non-hydrogen) atoms. The van der Waals surface area contributed by atoms with Gasteiger partial charge in [0.25, 0.3) is 0 Å². The minimum Gasteiger partial charge on any atom is -0.478 e. The number of benzene rings is 2. The van der Waals surface area contributed by atoms with Crippen LogP contribution in [0.1, 0.15) is 35.3 Å². The first-order valence-corrected chi connectivity index (χ1v) is 9.07. The average Bonchev–Trinajstić information content (AvgIpc) is 2.61. The average molecular weight is 374 g/mol. The number of piperazine rings is 1. The zero-order valence-corrected chi connectivity index (χ0v) is 15.5. The zero-order chi connectivity index (χ0) is 19.6. The Labute approximate surface area is 158 Å². The summed E-state index contributed by atoms with van der Waals surface area (Å²) in [7, 11) is 0. The van der Waals surface area contributed by atoms with E-state index in [2.05, 4.69) is 23.6 Å². The molecule has 1 saturated heterocycles. The van der Waals surface area contributed by atoms with Crippen molar-refractivity contribution in [2.45, 2.75) is 39.0 Å². The van der Waals surface area contributed by atoms with Gasteiger partial charge in [-0.15, -0.1) is 0 Å². The molecule has 0 saturated carbocycles. The first-order chi connectivity index (χ1) is 12.8. The molecule has 0 radical (unpaired) electrons. The van der Waals surface area contributed by atoms with Gasteiger partial charge in [-0.3, -0.25) is 9.80 Å². The van der Waals surface area contributed by atoms with Gasteiger partial charge in [0.05, 0.1) is 5.56 Å². The van der Waals surface area contributed by atoms with Crippen molar-refractivity contribution >= 4 is 5.97 Å². The van der Waals surface area contributed by atoms with Crippen molar-refractivity contribution in [3.8, 4) is 0 Å². The van der Waals surface area contributed by atoms with Crippen LogP contribution in [-0.2, 0) is 13.1 Å². The maximum absolute atomic E-state index is 14.0. The third-order valence-corrected chi connectivity index (χ3v) is 5.14. The second-order valence-electron chi connectivity index (χ2n) is 7.30. The summed E-state index contributed by atoms with van der Waals surface area (Å²) in [6, 6.07) is 10.9. The minimum absolute atomic E-state index is 0.190. The highest BCUT2D eigenvalue weighted by atomic mass is 19.1. The molecule has 0 spiro atoms. The van der Waals surface area contributed by atoms with E-state index in [-0.39, 0.29) is 23.5 Å². The fourth-order valence-corrected chi connectivity index (χ4v) is 3.78. The van der Waals surface area contributed by atoms with Gasteiger partial charge in [-0.05, 0) is 49.7 Å². The van der Waals surface area contributed by atoms with Gasteiger partial charge in [-0.25, -0.2) is 13.6 Å². The maximum Gasteiger partial charge on any atom is 0.335 e. The van der Waals surface area contributed by atoms with Gasteiger partial charge in [0, 0.05) is 43.8 Å². The molecule has 0 aromatic heterocycles. The monoisotopic (exact) mass is 374 g/mol.